The standard InChI is InChI=1S/C48H94O5/c1-3-5-7-9-11-13-15-17-19-21-23-25-27-29-31-33-35-37-39-41-47(49)52-45-43-51-44-46-53-48(50)42-40-38-36-34-32-30-28-26-24-22-20-18-16-14-12-10-8-6-4-2/h3-46H2,1-2H3. The van der Waals surface area contributed by atoms with Crippen molar-refractivity contribution in [3.05, 3.63) is 0 Å². The van der Waals surface area contributed by atoms with Gasteiger partial charge in [-0.3, -0.25) is 9.59 Å². The predicted molar refractivity (Wildman–Crippen MR) is 229 cm³/mol. The maximum Gasteiger partial charge on any atom is 0.305 e. The van der Waals surface area contributed by atoms with Crippen molar-refractivity contribution < 1.29 is 23.8 Å². The molecule has 316 valence electrons. The van der Waals surface area contributed by atoms with Gasteiger partial charge in [0.15, 0.2) is 0 Å². The molecule has 0 aromatic heterocycles. The normalized spacial score (nSPS) is 11.4. The molecule has 0 aromatic carbocycles. The van der Waals surface area contributed by atoms with Gasteiger partial charge in [-0.2, -0.15) is 0 Å². The van der Waals surface area contributed by atoms with E-state index in [0.29, 0.717) is 26.1 Å². The first-order valence-corrected chi connectivity index (χ1v) is 24.1. The Hall–Kier alpha value is -1.10. The molecule has 0 fully saturated rings. The molecule has 0 spiro atoms. The number of carbonyl (C=O) groups excluding carboxylic acids is 2. The third kappa shape index (κ3) is 47.0. The molecule has 0 saturated carbocycles. The van der Waals surface area contributed by atoms with E-state index in [0.717, 1.165) is 25.7 Å². The minimum atomic E-state index is -0.133. The molecule has 0 radical (unpaired) electrons. The second-order valence-corrected chi connectivity index (χ2v) is 16.3. The lowest BCUT2D eigenvalue weighted by atomic mass is 10.0. The molecule has 0 saturated heterocycles. The Morgan fingerprint density at radius 2 is 0.453 bits per heavy atom. The van der Waals surface area contributed by atoms with Crippen LogP contribution < -0.4 is 0 Å². The largest absolute Gasteiger partial charge is 0.463 e. The molecular formula is C48H94O5. The van der Waals surface area contributed by atoms with Crippen molar-refractivity contribution >= 4 is 11.9 Å². The van der Waals surface area contributed by atoms with Gasteiger partial charge >= 0.3 is 11.9 Å². The zero-order valence-electron chi connectivity index (χ0n) is 36.2. The van der Waals surface area contributed by atoms with E-state index in [9.17, 15) is 9.59 Å². The molecule has 0 rings (SSSR count). The van der Waals surface area contributed by atoms with Crippen molar-refractivity contribution in [2.24, 2.45) is 0 Å². The summed E-state index contributed by atoms with van der Waals surface area (Å²) < 4.78 is 16.0. The number of hydrogen-bond donors (Lipinski definition) is 0. The number of hydrogen-bond acceptors (Lipinski definition) is 5. The van der Waals surface area contributed by atoms with Crippen LogP contribution in [0, 0.1) is 0 Å². The first-order valence-electron chi connectivity index (χ1n) is 24.1. The smallest absolute Gasteiger partial charge is 0.305 e. The minimum Gasteiger partial charge on any atom is -0.463 e. The summed E-state index contributed by atoms with van der Waals surface area (Å²) in [4.78, 5) is 23.9. The fourth-order valence-electron chi connectivity index (χ4n) is 7.37. The van der Waals surface area contributed by atoms with Crippen LogP contribution in [-0.2, 0) is 23.8 Å². The fraction of sp³-hybridized carbons (Fsp3) is 0.958. The summed E-state index contributed by atoms with van der Waals surface area (Å²) >= 11 is 0. The maximum atomic E-state index is 12.0. The number of rotatable bonds is 46. The minimum absolute atomic E-state index is 0.133. The van der Waals surface area contributed by atoms with Crippen LogP contribution in [-0.4, -0.2) is 38.4 Å². The summed E-state index contributed by atoms with van der Waals surface area (Å²) in [6, 6.07) is 0. The van der Waals surface area contributed by atoms with E-state index in [1.54, 1.807) is 0 Å². The highest BCUT2D eigenvalue weighted by atomic mass is 16.6. The number of unbranched alkanes of at least 4 members (excludes halogenated alkanes) is 36. The summed E-state index contributed by atoms with van der Waals surface area (Å²) in [6.45, 7) is 5.81. The second kappa shape index (κ2) is 47.1. The van der Waals surface area contributed by atoms with Crippen LogP contribution in [0.3, 0.4) is 0 Å². The van der Waals surface area contributed by atoms with Crippen molar-refractivity contribution in [3.8, 4) is 0 Å². The third-order valence-electron chi connectivity index (χ3n) is 11.0. The van der Waals surface area contributed by atoms with Gasteiger partial charge in [0.2, 0.25) is 0 Å². The molecular weight excluding hydrogens is 657 g/mol. The van der Waals surface area contributed by atoms with E-state index in [1.165, 1.54) is 218 Å². The third-order valence-corrected chi connectivity index (χ3v) is 11.0. The lowest BCUT2D eigenvalue weighted by molar-refractivity contribution is -0.146. The highest BCUT2D eigenvalue weighted by molar-refractivity contribution is 5.69. The molecule has 0 unspecified atom stereocenters. The van der Waals surface area contributed by atoms with Crippen molar-refractivity contribution in [1.82, 2.24) is 0 Å². The summed E-state index contributed by atoms with van der Waals surface area (Å²) in [6.07, 6.45) is 52.3. The van der Waals surface area contributed by atoms with Crippen molar-refractivity contribution in [1.29, 1.82) is 0 Å². The molecule has 0 amide bonds. The molecule has 0 atom stereocenters. The Bertz CT molecular complexity index is 652. The summed E-state index contributed by atoms with van der Waals surface area (Å²) in [7, 11) is 0. The van der Waals surface area contributed by atoms with E-state index in [-0.39, 0.29) is 25.2 Å². The van der Waals surface area contributed by atoms with Crippen molar-refractivity contribution in [3.63, 3.8) is 0 Å². The Morgan fingerprint density at radius 1 is 0.264 bits per heavy atom. The number of ether oxygens (including phenoxy) is 3. The summed E-state index contributed by atoms with van der Waals surface area (Å²) in [5, 5.41) is 0. The molecule has 5 nitrogen and oxygen atoms in total. The van der Waals surface area contributed by atoms with Crippen LogP contribution in [0.15, 0.2) is 0 Å². The average Bonchev–Trinajstić information content (AvgIpc) is 3.16. The first kappa shape index (κ1) is 51.9. The summed E-state index contributed by atoms with van der Waals surface area (Å²) in [5.41, 5.74) is 0. The van der Waals surface area contributed by atoms with Gasteiger partial charge < -0.3 is 14.2 Å². The van der Waals surface area contributed by atoms with Gasteiger partial charge in [0.25, 0.3) is 0 Å². The second-order valence-electron chi connectivity index (χ2n) is 16.3. The predicted octanol–water partition coefficient (Wildman–Crippen LogP) is 15.7. The highest BCUT2D eigenvalue weighted by Gasteiger charge is 2.05. The average molecular weight is 751 g/mol. The van der Waals surface area contributed by atoms with E-state index in [1.807, 2.05) is 0 Å². The van der Waals surface area contributed by atoms with E-state index >= 15 is 0 Å². The lowest BCUT2D eigenvalue weighted by Crippen LogP contribution is -2.14. The Balaban J connectivity index is 3.23. The lowest BCUT2D eigenvalue weighted by Gasteiger charge is -2.07. The summed E-state index contributed by atoms with van der Waals surface area (Å²) in [5.74, 6) is -0.266. The van der Waals surface area contributed by atoms with Crippen LogP contribution in [0.25, 0.3) is 0 Å². The van der Waals surface area contributed by atoms with Crippen LogP contribution in [0.5, 0.6) is 0 Å². The quantitative estimate of drug-likeness (QED) is 0.0458. The van der Waals surface area contributed by atoms with Crippen LogP contribution in [0.1, 0.15) is 271 Å². The number of esters is 2. The fourth-order valence-corrected chi connectivity index (χ4v) is 7.37. The van der Waals surface area contributed by atoms with Crippen LogP contribution in [0.2, 0.25) is 0 Å². The Kier molecular flexibility index (Phi) is 46.1. The molecule has 0 N–H and O–H groups in total. The first-order chi connectivity index (χ1) is 26.2. The monoisotopic (exact) mass is 751 g/mol. The topological polar surface area (TPSA) is 61.8 Å². The van der Waals surface area contributed by atoms with Gasteiger partial charge in [0.05, 0.1) is 13.2 Å². The molecule has 5 heteroatoms. The highest BCUT2D eigenvalue weighted by Crippen LogP contribution is 2.17. The van der Waals surface area contributed by atoms with Gasteiger partial charge in [-0.05, 0) is 12.8 Å². The van der Waals surface area contributed by atoms with Gasteiger partial charge in [0, 0.05) is 12.8 Å². The Labute approximate surface area is 332 Å². The molecule has 0 aromatic rings. The van der Waals surface area contributed by atoms with E-state index < -0.39 is 0 Å². The molecule has 0 aliphatic carbocycles. The van der Waals surface area contributed by atoms with Gasteiger partial charge in [-0.25, -0.2) is 0 Å². The van der Waals surface area contributed by atoms with Crippen molar-refractivity contribution in [2.45, 2.75) is 271 Å². The van der Waals surface area contributed by atoms with Crippen LogP contribution in [0.4, 0.5) is 0 Å². The van der Waals surface area contributed by atoms with Crippen LogP contribution >= 0.6 is 0 Å². The maximum absolute atomic E-state index is 12.0. The van der Waals surface area contributed by atoms with E-state index in [2.05, 4.69) is 13.8 Å². The zero-order chi connectivity index (χ0) is 38.4. The zero-order valence-corrected chi connectivity index (χ0v) is 36.2. The molecule has 0 aliphatic rings. The number of carbonyl (C=O) groups is 2. The van der Waals surface area contributed by atoms with Gasteiger partial charge in [-0.1, -0.05) is 245 Å². The Morgan fingerprint density at radius 3 is 0.660 bits per heavy atom. The van der Waals surface area contributed by atoms with E-state index in [4.69, 9.17) is 14.2 Å². The molecule has 0 heterocycles. The van der Waals surface area contributed by atoms with Gasteiger partial charge in [-0.15, -0.1) is 0 Å². The molecule has 0 bridgehead atoms. The van der Waals surface area contributed by atoms with Crippen molar-refractivity contribution in [2.75, 3.05) is 26.4 Å². The van der Waals surface area contributed by atoms with Gasteiger partial charge in [0.1, 0.15) is 13.2 Å². The SMILES string of the molecule is CCCCCCCCCCCCCCCCCCCCCC(=O)OCCOCCOC(=O)CCCCCCCCCCCCCCCCCCCCC. The molecule has 53 heavy (non-hydrogen) atoms. The molecule has 0 aliphatic heterocycles.